The molecule has 0 radical (unpaired) electrons. The lowest BCUT2D eigenvalue weighted by Crippen LogP contribution is -1.90. The third kappa shape index (κ3) is 3.85. The van der Waals surface area contributed by atoms with Gasteiger partial charge in [0.1, 0.15) is 11.4 Å². The molecule has 2 aromatic rings. The Morgan fingerprint density at radius 3 is 2.41 bits per heavy atom. The molecule has 0 unspecified atom stereocenters. The lowest BCUT2D eigenvalue weighted by Gasteiger charge is -2.12. The first-order chi connectivity index (χ1) is 10.5. The molecule has 0 amide bonds. The molecule has 0 aliphatic rings. The molecule has 0 aliphatic carbocycles. The first-order valence-electron chi connectivity index (χ1n) is 7.59. The van der Waals surface area contributed by atoms with Gasteiger partial charge in [-0.15, -0.1) is 0 Å². The van der Waals surface area contributed by atoms with Crippen molar-refractivity contribution in [1.29, 1.82) is 0 Å². The highest BCUT2D eigenvalue weighted by atomic mass is 16.3. The molecule has 2 nitrogen and oxygen atoms in total. The minimum absolute atomic E-state index is 0.274. The van der Waals surface area contributed by atoms with Crippen LogP contribution in [0.1, 0.15) is 43.4 Å². The van der Waals surface area contributed by atoms with Crippen molar-refractivity contribution in [2.75, 3.05) is 0 Å². The highest BCUT2D eigenvalue weighted by Crippen LogP contribution is 2.37. The molecular formula is C20H23NO. The number of phenolic OH excluding ortho intramolecular Hbond substituents is 1. The largest absolute Gasteiger partial charge is 0.505 e. The Bertz CT molecular complexity index is 697. The van der Waals surface area contributed by atoms with Gasteiger partial charge in [0.05, 0.1) is 0 Å². The Kier molecular flexibility index (Phi) is 5.16. The first-order valence-corrected chi connectivity index (χ1v) is 7.59. The minimum atomic E-state index is 0.274. The van der Waals surface area contributed by atoms with Crippen LogP contribution < -0.4 is 0 Å². The van der Waals surface area contributed by atoms with Crippen molar-refractivity contribution in [3.05, 3.63) is 64.7 Å². The van der Waals surface area contributed by atoms with Gasteiger partial charge in [-0.1, -0.05) is 62.4 Å². The Balaban J connectivity index is 2.30. The maximum Gasteiger partial charge on any atom is 0.144 e. The highest BCUT2D eigenvalue weighted by molar-refractivity contribution is 5.87. The van der Waals surface area contributed by atoms with Crippen LogP contribution in [-0.4, -0.2) is 11.3 Å². The second-order valence-electron chi connectivity index (χ2n) is 5.88. The van der Waals surface area contributed by atoms with Crippen molar-refractivity contribution in [1.82, 2.24) is 0 Å². The van der Waals surface area contributed by atoms with E-state index in [1.54, 1.807) is 6.21 Å². The second kappa shape index (κ2) is 7.08. The van der Waals surface area contributed by atoms with Gasteiger partial charge < -0.3 is 5.11 Å². The van der Waals surface area contributed by atoms with Crippen LogP contribution in [0.2, 0.25) is 0 Å². The molecule has 0 aliphatic heterocycles. The summed E-state index contributed by atoms with van der Waals surface area (Å²) >= 11 is 0. The number of aromatic hydroxyl groups is 1. The predicted molar refractivity (Wildman–Crippen MR) is 95.2 cm³/mol. The highest BCUT2D eigenvalue weighted by Gasteiger charge is 2.11. The van der Waals surface area contributed by atoms with Crippen LogP contribution in [0.15, 0.2) is 53.0 Å². The number of benzene rings is 2. The molecule has 0 aromatic heterocycles. The van der Waals surface area contributed by atoms with E-state index in [0.29, 0.717) is 11.4 Å². The molecule has 114 valence electrons. The number of aryl methyl sites for hydroxylation is 1. The second-order valence-corrected chi connectivity index (χ2v) is 5.88. The number of hydrogen-bond acceptors (Lipinski definition) is 2. The van der Waals surface area contributed by atoms with Crippen molar-refractivity contribution in [3.8, 4) is 5.75 Å². The molecule has 0 saturated carbocycles. The van der Waals surface area contributed by atoms with Gasteiger partial charge >= 0.3 is 0 Å². The van der Waals surface area contributed by atoms with Crippen molar-refractivity contribution >= 4 is 18.0 Å². The zero-order valence-electron chi connectivity index (χ0n) is 13.7. The summed E-state index contributed by atoms with van der Waals surface area (Å²) in [5.41, 5.74) is 4.75. The molecule has 1 N–H and O–H groups in total. The lowest BCUT2D eigenvalue weighted by molar-refractivity contribution is 0.466. The summed E-state index contributed by atoms with van der Waals surface area (Å²) in [5, 5.41) is 10.4. The van der Waals surface area contributed by atoms with E-state index in [1.165, 1.54) is 0 Å². The smallest absolute Gasteiger partial charge is 0.144 e. The summed E-state index contributed by atoms with van der Waals surface area (Å²) in [4.78, 5) is 4.50. The molecule has 0 atom stereocenters. The van der Waals surface area contributed by atoms with Crippen LogP contribution in [0.25, 0.3) is 6.08 Å². The summed E-state index contributed by atoms with van der Waals surface area (Å²) in [6.07, 6.45) is 3.88. The lowest BCUT2D eigenvalue weighted by atomic mass is 9.99. The zero-order chi connectivity index (χ0) is 16.1. The third-order valence-corrected chi connectivity index (χ3v) is 3.60. The van der Waals surface area contributed by atoms with Crippen LogP contribution in [0.5, 0.6) is 5.75 Å². The summed E-state index contributed by atoms with van der Waals surface area (Å²) in [6, 6.07) is 14.1. The average molecular weight is 293 g/mol. The molecular weight excluding hydrogens is 270 g/mol. The predicted octanol–water partition coefficient (Wildman–Crippen LogP) is 5.63. The molecule has 0 heterocycles. The van der Waals surface area contributed by atoms with E-state index in [4.69, 9.17) is 0 Å². The van der Waals surface area contributed by atoms with E-state index in [2.05, 4.69) is 37.0 Å². The quantitative estimate of drug-likeness (QED) is 0.728. The standard InChI is InChI=1S/C20H23NO/c1-14(2)18-11-10-16(4)19(20(18)22)21-13-15(3)12-17-8-6-5-7-9-17/h5-14,22H,1-4H3/b15-12-,21-13?. The van der Waals surface area contributed by atoms with Crippen LogP contribution in [-0.2, 0) is 0 Å². The molecule has 22 heavy (non-hydrogen) atoms. The molecule has 0 spiro atoms. The van der Waals surface area contributed by atoms with Gasteiger partial charge in [-0.2, -0.15) is 0 Å². The molecule has 2 aromatic carbocycles. The monoisotopic (exact) mass is 293 g/mol. The fourth-order valence-corrected chi connectivity index (χ4v) is 2.34. The fourth-order valence-electron chi connectivity index (χ4n) is 2.34. The summed E-state index contributed by atoms with van der Waals surface area (Å²) in [6.45, 7) is 8.11. The molecule has 0 bridgehead atoms. The molecule has 2 rings (SSSR count). The van der Waals surface area contributed by atoms with E-state index in [0.717, 1.165) is 22.3 Å². The molecule has 0 fully saturated rings. The minimum Gasteiger partial charge on any atom is -0.505 e. The van der Waals surface area contributed by atoms with Crippen LogP contribution in [0.4, 0.5) is 5.69 Å². The van der Waals surface area contributed by atoms with Gasteiger partial charge in [0.25, 0.3) is 0 Å². The normalized spacial score (nSPS) is 12.3. The Labute approximate surface area is 132 Å². The Hall–Kier alpha value is -2.35. The SMILES string of the molecule is C/C(C=Nc1c(C)ccc(C(C)C)c1O)=C/c1ccccc1. The number of rotatable bonds is 4. The Morgan fingerprint density at radius 2 is 1.77 bits per heavy atom. The van der Waals surface area contributed by atoms with Crippen LogP contribution in [0, 0.1) is 6.92 Å². The van der Waals surface area contributed by atoms with E-state index >= 15 is 0 Å². The average Bonchev–Trinajstić information content (AvgIpc) is 2.47. The van der Waals surface area contributed by atoms with Crippen molar-refractivity contribution in [2.24, 2.45) is 4.99 Å². The van der Waals surface area contributed by atoms with Gasteiger partial charge in [-0.25, -0.2) is 0 Å². The van der Waals surface area contributed by atoms with Gasteiger partial charge in [-0.3, -0.25) is 4.99 Å². The van der Waals surface area contributed by atoms with Crippen molar-refractivity contribution < 1.29 is 5.11 Å². The van der Waals surface area contributed by atoms with E-state index in [1.807, 2.05) is 44.2 Å². The maximum absolute atomic E-state index is 10.4. The number of allylic oxidation sites excluding steroid dienone is 1. The number of hydrogen-bond donors (Lipinski definition) is 1. The maximum atomic E-state index is 10.4. The fraction of sp³-hybridized carbons (Fsp3) is 0.250. The first kappa shape index (κ1) is 16.0. The number of aliphatic imine (C=N–C) groups is 1. The molecule has 2 heteroatoms. The summed E-state index contributed by atoms with van der Waals surface area (Å²) in [7, 11) is 0. The Morgan fingerprint density at radius 1 is 1.09 bits per heavy atom. The zero-order valence-corrected chi connectivity index (χ0v) is 13.7. The topological polar surface area (TPSA) is 32.6 Å². The van der Waals surface area contributed by atoms with E-state index in [-0.39, 0.29) is 5.92 Å². The van der Waals surface area contributed by atoms with E-state index < -0.39 is 0 Å². The van der Waals surface area contributed by atoms with Gasteiger partial charge in [0.2, 0.25) is 0 Å². The number of nitrogens with zero attached hydrogens (tertiary/aromatic N) is 1. The van der Waals surface area contributed by atoms with Gasteiger partial charge in [0, 0.05) is 6.21 Å². The van der Waals surface area contributed by atoms with Crippen LogP contribution in [0.3, 0.4) is 0 Å². The summed E-state index contributed by atoms with van der Waals surface area (Å²) < 4.78 is 0. The number of phenols is 1. The van der Waals surface area contributed by atoms with Gasteiger partial charge in [-0.05, 0) is 42.0 Å². The summed E-state index contributed by atoms with van der Waals surface area (Å²) in [5.74, 6) is 0.564. The van der Waals surface area contributed by atoms with Crippen molar-refractivity contribution in [2.45, 2.75) is 33.6 Å². The molecule has 0 saturated heterocycles. The van der Waals surface area contributed by atoms with Crippen LogP contribution >= 0.6 is 0 Å². The van der Waals surface area contributed by atoms with Gasteiger partial charge in [0.15, 0.2) is 0 Å². The van der Waals surface area contributed by atoms with E-state index in [9.17, 15) is 5.11 Å². The third-order valence-electron chi connectivity index (χ3n) is 3.60. The van der Waals surface area contributed by atoms with Crippen molar-refractivity contribution in [3.63, 3.8) is 0 Å².